The lowest BCUT2D eigenvalue weighted by molar-refractivity contribution is -0.136. The van der Waals surface area contributed by atoms with Gasteiger partial charge < -0.3 is 10.0 Å². The molecule has 1 aliphatic heterocycles. The maximum atomic E-state index is 13.2. The maximum Gasteiger partial charge on any atom is 0.240 e. The zero-order chi connectivity index (χ0) is 21.0. The summed E-state index contributed by atoms with van der Waals surface area (Å²) in [6.45, 7) is 7.50. The van der Waals surface area contributed by atoms with Gasteiger partial charge in [-0.05, 0) is 54.9 Å². The lowest BCUT2D eigenvalue weighted by Gasteiger charge is -2.36. The van der Waals surface area contributed by atoms with Crippen LogP contribution in [0.2, 0.25) is 5.02 Å². The highest BCUT2D eigenvalue weighted by Crippen LogP contribution is 2.29. The van der Waals surface area contributed by atoms with Crippen LogP contribution < -0.4 is 5.32 Å². The number of nitrogens with zero attached hydrogens (tertiary/aromatic N) is 1. The number of carbonyl (C=O) groups is 1. The number of halogens is 1. The summed E-state index contributed by atoms with van der Waals surface area (Å²) in [5.74, 6) is 0.609. The Morgan fingerprint density at radius 1 is 1.07 bits per heavy atom. The van der Waals surface area contributed by atoms with Crippen molar-refractivity contribution >= 4 is 17.5 Å². The van der Waals surface area contributed by atoms with Gasteiger partial charge in [-0.15, -0.1) is 0 Å². The number of benzene rings is 2. The van der Waals surface area contributed by atoms with Crippen LogP contribution >= 0.6 is 11.6 Å². The van der Waals surface area contributed by atoms with Gasteiger partial charge in [0.1, 0.15) is 6.23 Å². The van der Waals surface area contributed by atoms with Crippen molar-refractivity contribution in [1.29, 1.82) is 0 Å². The minimum Gasteiger partial charge on any atom is -0.374 e. The van der Waals surface area contributed by atoms with E-state index in [1.165, 1.54) is 5.56 Å². The first-order chi connectivity index (χ1) is 13.8. The molecular weight excluding hydrogens is 384 g/mol. The summed E-state index contributed by atoms with van der Waals surface area (Å²) in [7, 11) is 0. The third-order valence-corrected chi connectivity index (χ3v) is 6.06. The molecular formula is C24H31ClN2O2. The van der Waals surface area contributed by atoms with Crippen LogP contribution in [-0.4, -0.2) is 35.0 Å². The van der Waals surface area contributed by atoms with E-state index < -0.39 is 12.3 Å². The number of rotatable bonds is 6. The van der Waals surface area contributed by atoms with Gasteiger partial charge in [0.05, 0.1) is 6.04 Å². The van der Waals surface area contributed by atoms with Crippen molar-refractivity contribution in [3.05, 3.63) is 70.2 Å². The van der Waals surface area contributed by atoms with Crippen molar-refractivity contribution in [2.45, 2.75) is 51.8 Å². The largest absolute Gasteiger partial charge is 0.374 e. The van der Waals surface area contributed by atoms with Crippen LogP contribution in [-0.2, 0) is 4.79 Å². The number of piperidine rings is 1. The molecule has 5 heteroatoms. The van der Waals surface area contributed by atoms with Crippen LogP contribution in [0.1, 0.15) is 55.5 Å². The van der Waals surface area contributed by atoms with E-state index in [9.17, 15) is 9.90 Å². The number of carbonyl (C=O) groups excluding carboxylic acids is 1. The average Bonchev–Trinajstić information content (AvgIpc) is 2.72. The Hall–Kier alpha value is -1.88. The van der Waals surface area contributed by atoms with E-state index in [1.54, 1.807) is 0 Å². The second-order valence-electron chi connectivity index (χ2n) is 8.35. The molecule has 0 spiro atoms. The summed E-state index contributed by atoms with van der Waals surface area (Å²) < 4.78 is 0. The van der Waals surface area contributed by atoms with Crippen molar-refractivity contribution in [3.8, 4) is 0 Å². The van der Waals surface area contributed by atoms with Gasteiger partial charge in [-0.2, -0.15) is 0 Å². The van der Waals surface area contributed by atoms with E-state index in [4.69, 9.17) is 11.6 Å². The topological polar surface area (TPSA) is 52.6 Å². The minimum absolute atomic E-state index is 0.0701. The summed E-state index contributed by atoms with van der Waals surface area (Å²) in [4.78, 5) is 15.1. The molecule has 1 heterocycles. The Kier molecular flexibility index (Phi) is 7.33. The lowest BCUT2D eigenvalue weighted by atomic mass is 9.89. The van der Waals surface area contributed by atoms with Crippen LogP contribution in [0.4, 0.5) is 0 Å². The second-order valence-corrected chi connectivity index (χ2v) is 8.79. The van der Waals surface area contributed by atoms with Crippen LogP contribution in [0, 0.1) is 12.8 Å². The third-order valence-electron chi connectivity index (χ3n) is 5.81. The van der Waals surface area contributed by atoms with Crippen molar-refractivity contribution < 1.29 is 9.90 Å². The number of nitrogens with one attached hydrogen (secondary N) is 1. The first kappa shape index (κ1) is 21.8. The second kappa shape index (κ2) is 9.75. The summed E-state index contributed by atoms with van der Waals surface area (Å²) in [5.41, 5.74) is 3.20. The van der Waals surface area contributed by atoms with Gasteiger partial charge in [0.15, 0.2) is 0 Å². The molecule has 156 valence electrons. The van der Waals surface area contributed by atoms with Gasteiger partial charge in [-0.3, -0.25) is 10.1 Å². The number of aliphatic hydroxyl groups excluding tert-OH is 1. The fourth-order valence-corrected chi connectivity index (χ4v) is 4.05. The van der Waals surface area contributed by atoms with Crippen LogP contribution in [0.25, 0.3) is 0 Å². The van der Waals surface area contributed by atoms with Gasteiger partial charge in [0.25, 0.3) is 0 Å². The molecule has 29 heavy (non-hydrogen) atoms. The molecule has 0 saturated carbocycles. The van der Waals surface area contributed by atoms with Gasteiger partial charge in [0, 0.05) is 18.1 Å². The quantitative estimate of drug-likeness (QED) is 0.676. The molecule has 0 bridgehead atoms. The van der Waals surface area contributed by atoms with Crippen molar-refractivity contribution in [2.75, 3.05) is 13.1 Å². The molecule has 2 N–H and O–H groups in total. The first-order valence-corrected chi connectivity index (χ1v) is 10.8. The van der Waals surface area contributed by atoms with E-state index in [2.05, 4.69) is 17.4 Å². The lowest BCUT2D eigenvalue weighted by Crippen LogP contribution is -2.52. The molecule has 2 aromatic carbocycles. The Morgan fingerprint density at radius 3 is 2.21 bits per heavy atom. The SMILES string of the molecule is Cc1ccc([C@@H](O)N[C@@H](C(=O)N2CCC(c3ccc(Cl)cc3)CC2)C(C)C)cc1. The summed E-state index contributed by atoms with van der Waals surface area (Å²) in [5, 5.41) is 14.5. The van der Waals surface area contributed by atoms with Crippen LogP contribution in [0.3, 0.4) is 0 Å². The van der Waals surface area contributed by atoms with E-state index >= 15 is 0 Å². The average molecular weight is 415 g/mol. The predicted molar refractivity (Wildman–Crippen MR) is 118 cm³/mol. The molecule has 1 amide bonds. The zero-order valence-corrected chi connectivity index (χ0v) is 18.2. The maximum absolute atomic E-state index is 13.2. The molecule has 0 aromatic heterocycles. The predicted octanol–water partition coefficient (Wildman–Crippen LogP) is 4.66. The number of amides is 1. The van der Waals surface area contributed by atoms with E-state index in [0.29, 0.717) is 5.92 Å². The number of aryl methyl sites for hydroxylation is 1. The molecule has 4 nitrogen and oxygen atoms in total. The molecule has 2 atom stereocenters. The van der Waals surface area contributed by atoms with Gasteiger partial charge in [-0.1, -0.05) is 67.4 Å². The molecule has 1 fully saturated rings. The van der Waals surface area contributed by atoms with Gasteiger partial charge in [0.2, 0.25) is 5.91 Å². The van der Waals surface area contributed by atoms with Crippen molar-refractivity contribution in [2.24, 2.45) is 5.92 Å². The van der Waals surface area contributed by atoms with Gasteiger partial charge >= 0.3 is 0 Å². The Balaban J connectivity index is 1.61. The first-order valence-electron chi connectivity index (χ1n) is 10.4. The third kappa shape index (κ3) is 5.59. The molecule has 0 unspecified atom stereocenters. The number of aliphatic hydroxyl groups is 1. The van der Waals surface area contributed by atoms with Gasteiger partial charge in [-0.25, -0.2) is 0 Å². The van der Waals surface area contributed by atoms with Crippen molar-refractivity contribution in [3.63, 3.8) is 0 Å². The Bertz CT molecular complexity index is 797. The molecule has 1 aliphatic rings. The minimum atomic E-state index is -0.862. The number of hydrogen-bond donors (Lipinski definition) is 2. The number of likely N-dealkylation sites (tertiary alicyclic amines) is 1. The highest BCUT2D eigenvalue weighted by atomic mass is 35.5. The highest BCUT2D eigenvalue weighted by Gasteiger charge is 2.31. The Morgan fingerprint density at radius 2 is 1.66 bits per heavy atom. The van der Waals surface area contributed by atoms with E-state index in [-0.39, 0.29) is 11.8 Å². The zero-order valence-electron chi connectivity index (χ0n) is 17.4. The molecule has 2 aromatic rings. The molecule has 0 aliphatic carbocycles. The van der Waals surface area contributed by atoms with E-state index in [0.717, 1.165) is 42.1 Å². The molecule has 0 radical (unpaired) electrons. The molecule has 1 saturated heterocycles. The van der Waals surface area contributed by atoms with Crippen LogP contribution in [0.5, 0.6) is 0 Å². The van der Waals surface area contributed by atoms with E-state index in [1.807, 2.05) is 62.1 Å². The molecule has 3 rings (SSSR count). The standard InChI is InChI=1S/C24H31ClN2O2/c1-16(2)22(26-23(28)20-6-4-17(3)5-7-20)24(29)27-14-12-19(13-15-27)18-8-10-21(25)11-9-18/h4-11,16,19,22-23,26,28H,12-15H2,1-3H3/t22-,23-/m1/s1. The number of hydrogen-bond acceptors (Lipinski definition) is 3. The Labute approximate surface area is 178 Å². The monoisotopic (exact) mass is 414 g/mol. The fraction of sp³-hybridized carbons (Fsp3) is 0.458. The summed E-state index contributed by atoms with van der Waals surface area (Å²) >= 11 is 5.99. The fourth-order valence-electron chi connectivity index (χ4n) is 3.93. The van der Waals surface area contributed by atoms with Crippen molar-refractivity contribution in [1.82, 2.24) is 10.2 Å². The smallest absolute Gasteiger partial charge is 0.240 e. The van der Waals surface area contributed by atoms with Crippen LogP contribution in [0.15, 0.2) is 48.5 Å². The summed E-state index contributed by atoms with van der Waals surface area (Å²) in [6.07, 6.45) is 1.02. The normalized spacial score (nSPS) is 17.4. The summed E-state index contributed by atoms with van der Waals surface area (Å²) in [6, 6.07) is 15.3. The highest BCUT2D eigenvalue weighted by molar-refractivity contribution is 6.30.